The van der Waals surface area contributed by atoms with E-state index in [0.717, 1.165) is 34.5 Å². The third-order valence-corrected chi connectivity index (χ3v) is 9.44. The minimum atomic E-state index is -1.14. The van der Waals surface area contributed by atoms with Crippen LogP contribution in [0.15, 0.2) is 43.0 Å². The molecule has 2 aromatic rings. The van der Waals surface area contributed by atoms with Crippen molar-refractivity contribution in [3.8, 4) is 23.0 Å². The van der Waals surface area contributed by atoms with Gasteiger partial charge in [0.15, 0.2) is 25.1 Å². The second kappa shape index (κ2) is 15.9. The molecule has 0 aliphatic carbocycles. The van der Waals surface area contributed by atoms with Gasteiger partial charge in [-0.3, -0.25) is 0 Å². The summed E-state index contributed by atoms with van der Waals surface area (Å²) in [7, 11) is 1.05. The summed E-state index contributed by atoms with van der Waals surface area (Å²) in [6, 6.07) is 12.0. The first-order valence-corrected chi connectivity index (χ1v) is 21.0. The van der Waals surface area contributed by atoms with E-state index in [4.69, 9.17) is 28.4 Å². The standard InChI is InChI=1S/C31H48O6Si2/c1-10-11-28-26(21-27(22-30(28)32-2)36-23-34-16-18-38(4,5)6)14-12-25-13-15-29(31(20-25)33-3)37-24-35-17-19-39(7,8)9/h10,12-15,20-22H,1,11,16-19,23-24H2,2-9H3/b14-12+. The molecule has 0 fully saturated rings. The van der Waals surface area contributed by atoms with Crippen molar-refractivity contribution in [1.29, 1.82) is 0 Å². The Morgan fingerprint density at radius 3 is 1.90 bits per heavy atom. The van der Waals surface area contributed by atoms with E-state index in [1.165, 1.54) is 0 Å². The molecule has 0 unspecified atom stereocenters. The van der Waals surface area contributed by atoms with Crippen LogP contribution in [0.1, 0.15) is 16.7 Å². The van der Waals surface area contributed by atoms with Crippen molar-refractivity contribution in [1.82, 2.24) is 0 Å². The van der Waals surface area contributed by atoms with Crippen LogP contribution in [0.25, 0.3) is 12.2 Å². The molecular formula is C31H48O6Si2. The lowest BCUT2D eigenvalue weighted by molar-refractivity contribution is 0.0205. The molecule has 0 atom stereocenters. The predicted octanol–water partition coefficient (Wildman–Crippen LogP) is 7.98. The Hall–Kier alpha value is -2.53. The van der Waals surface area contributed by atoms with E-state index in [1.807, 2.05) is 42.5 Å². The van der Waals surface area contributed by atoms with E-state index in [9.17, 15) is 0 Å². The quantitative estimate of drug-likeness (QED) is 0.0593. The van der Waals surface area contributed by atoms with E-state index in [0.29, 0.717) is 36.9 Å². The van der Waals surface area contributed by atoms with Gasteiger partial charge in [-0.25, -0.2) is 0 Å². The van der Waals surface area contributed by atoms with Crippen LogP contribution >= 0.6 is 0 Å². The zero-order valence-corrected chi connectivity index (χ0v) is 27.2. The second-order valence-corrected chi connectivity index (χ2v) is 23.1. The van der Waals surface area contributed by atoms with Crippen LogP contribution in [0.5, 0.6) is 23.0 Å². The summed E-state index contributed by atoms with van der Waals surface area (Å²) in [5, 5.41) is 0. The minimum absolute atomic E-state index is 0.204. The van der Waals surface area contributed by atoms with Gasteiger partial charge in [-0.05, 0) is 47.8 Å². The molecule has 39 heavy (non-hydrogen) atoms. The molecule has 8 heteroatoms. The lowest BCUT2D eigenvalue weighted by Gasteiger charge is -2.17. The number of ether oxygens (including phenoxy) is 6. The lowest BCUT2D eigenvalue weighted by atomic mass is 10.0. The minimum Gasteiger partial charge on any atom is -0.496 e. The fourth-order valence-electron chi connectivity index (χ4n) is 3.60. The van der Waals surface area contributed by atoms with Gasteiger partial charge in [-0.2, -0.15) is 0 Å². The molecule has 2 rings (SSSR count). The molecule has 0 amide bonds. The highest BCUT2D eigenvalue weighted by Crippen LogP contribution is 2.32. The number of hydrogen-bond acceptors (Lipinski definition) is 6. The Kier molecular flexibility index (Phi) is 13.3. The van der Waals surface area contributed by atoms with Gasteiger partial charge in [-0.15, -0.1) is 6.58 Å². The molecule has 0 aromatic heterocycles. The molecule has 0 aliphatic heterocycles. The Bertz CT molecular complexity index is 1070. The molecule has 0 saturated carbocycles. The van der Waals surface area contributed by atoms with Crippen molar-refractivity contribution in [2.45, 2.75) is 57.8 Å². The summed E-state index contributed by atoms with van der Waals surface area (Å²) in [5.74, 6) is 2.76. The lowest BCUT2D eigenvalue weighted by Crippen LogP contribution is -2.22. The van der Waals surface area contributed by atoms with Crippen LogP contribution in [0.4, 0.5) is 0 Å². The second-order valence-electron chi connectivity index (χ2n) is 11.9. The fraction of sp³-hybridized carbons (Fsp3) is 0.484. The van der Waals surface area contributed by atoms with Crippen molar-refractivity contribution in [3.05, 3.63) is 59.7 Å². The molecule has 0 N–H and O–H groups in total. The van der Waals surface area contributed by atoms with E-state index < -0.39 is 16.1 Å². The number of rotatable bonds is 18. The van der Waals surface area contributed by atoms with E-state index in [-0.39, 0.29) is 13.6 Å². The highest BCUT2D eigenvalue weighted by atomic mass is 28.3. The summed E-state index contributed by atoms with van der Waals surface area (Å²) in [4.78, 5) is 0. The fourth-order valence-corrected chi connectivity index (χ4v) is 5.11. The Morgan fingerprint density at radius 1 is 0.718 bits per heavy atom. The van der Waals surface area contributed by atoms with Crippen molar-refractivity contribution in [2.24, 2.45) is 0 Å². The van der Waals surface area contributed by atoms with Crippen LogP contribution < -0.4 is 18.9 Å². The maximum atomic E-state index is 5.92. The van der Waals surface area contributed by atoms with Crippen LogP contribution in [-0.2, 0) is 15.9 Å². The topological polar surface area (TPSA) is 55.4 Å². The molecule has 2 aromatic carbocycles. The smallest absolute Gasteiger partial charge is 0.189 e. The van der Waals surface area contributed by atoms with E-state index in [1.54, 1.807) is 14.2 Å². The summed E-state index contributed by atoms with van der Waals surface area (Å²) < 4.78 is 34.4. The van der Waals surface area contributed by atoms with Crippen LogP contribution in [0, 0.1) is 0 Å². The average Bonchev–Trinajstić information content (AvgIpc) is 2.87. The first kappa shape index (κ1) is 32.7. The molecule has 0 saturated heterocycles. The average molecular weight is 573 g/mol. The van der Waals surface area contributed by atoms with Gasteiger partial charge in [0.05, 0.1) is 14.2 Å². The normalized spacial score (nSPS) is 12.0. The van der Waals surface area contributed by atoms with Crippen LogP contribution in [0.2, 0.25) is 51.4 Å². The summed E-state index contributed by atoms with van der Waals surface area (Å²) in [6.45, 7) is 19.7. The van der Waals surface area contributed by atoms with Gasteiger partial charge in [0.25, 0.3) is 0 Å². The van der Waals surface area contributed by atoms with Gasteiger partial charge in [0.2, 0.25) is 0 Å². The zero-order valence-electron chi connectivity index (χ0n) is 25.2. The van der Waals surface area contributed by atoms with Crippen LogP contribution in [0.3, 0.4) is 0 Å². The van der Waals surface area contributed by atoms with Gasteiger partial charge in [-0.1, -0.05) is 63.6 Å². The molecule has 0 bridgehead atoms. The Morgan fingerprint density at radius 2 is 1.33 bits per heavy atom. The molecule has 6 nitrogen and oxygen atoms in total. The highest BCUT2D eigenvalue weighted by molar-refractivity contribution is 6.76. The Labute approximate surface area is 237 Å². The van der Waals surface area contributed by atoms with Crippen molar-refractivity contribution in [3.63, 3.8) is 0 Å². The molecular weight excluding hydrogens is 525 g/mol. The van der Waals surface area contributed by atoms with Gasteiger partial charge >= 0.3 is 0 Å². The molecule has 0 heterocycles. The summed E-state index contributed by atoms with van der Waals surface area (Å²) in [6.07, 6.45) is 6.63. The van der Waals surface area contributed by atoms with Crippen molar-refractivity contribution < 1.29 is 28.4 Å². The third-order valence-electron chi connectivity index (χ3n) is 6.03. The number of hydrogen-bond donors (Lipinski definition) is 0. The van der Waals surface area contributed by atoms with Crippen molar-refractivity contribution >= 4 is 28.3 Å². The maximum absolute atomic E-state index is 5.92. The highest BCUT2D eigenvalue weighted by Gasteiger charge is 2.14. The zero-order chi connectivity index (χ0) is 28.9. The SMILES string of the molecule is C=CCc1c(/C=C/c2ccc(OCOCC[Si](C)(C)C)c(OC)c2)cc(OCOCC[Si](C)(C)C)cc1OC. The van der Waals surface area contributed by atoms with Gasteiger partial charge in [0.1, 0.15) is 11.5 Å². The van der Waals surface area contributed by atoms with Gasteiger partial charge < -0.3 is 28.4 Å². The number of benzene rings is 2. The van der Waals surface area contributed by atoms with Crippen LogP contribution in [-0.4, -0.2) is 57.2 Å². The first-order chi connectivity index (χ1) is 18.5. The maximum Gasteiger partial charge on any atom is 0.189 e. The number of methoxy groups -OCH3 is 2. The third kappa shape index (κ3) is 12.5. The molecule has 0 spiro atoms. The first-order valence-electron chi connectivity index (χ1n) is 13.5. The van der Waals surface area contributed by atoms with E-state index >= 15 is 0 Å². The number of allylic oxidation sites excluding steroid dienone is 1. The molecule has 216 valence electrons. The predicted molar refractivity (Wildman–Crippen MR) is 168 cm³/mol. The molecule has 0 radical (unpaired) electrons. The summed E-state index contributed by atoms with van der Waals surface area (Å²) >= 11 is 0. The van der Waals surface area contributed by atoms with Gasteiger partial charge in [0, 0.05) is 41.0 Å². The monoisotopic (exact) mass is 572 g/mol. The Balaban J connectivity index is 2.13. The van der Waals surface area contributed by atoms with E-state index in [2.05, 4.69) is 51.9 Å². The molecule has 0 aliphatic rings. The largest absolute Gasteiger partial charge is 0.496 e. The summed E-state index contributed by atoms with van der Waals surface area (Å²) in [5.41, 5.74) is 3.00. The van der Waals surface area contributed by atoms with Crippen molar-refractivity contribution in [2.75, 3.05) is 41.0 Å².